The first-order chi connectivity index (χ1) is 5.79. The van der Waals surface area contributed by atoms with E-state index >= 15 is 0 Å². The Kier molecular flexibility index (Phi) is 24.7. The minimum Gasteiger partial charge on any atom is -1.00 e. The topological polar surface area (TPSA) is 4.44 Å². The lowest BCUT2D eigenvalue weighted by Gasteiger charge is -2.23. The van der Waals surface area contributed by atoms with Crippen LogP contribution in [0.15, 0.2) is 0 Å². The number of unbranched alkanes of at least 4 members (excludes halogenated alkanes) is 2. The minimum atomic E-state index is 0. The van der Waals surface area contributed by atoms with Gasteiger partial charge in [-0.2, -0.15) is 0 Å². The number of halogens is 2. The SMILES string of the molecule is CCCCC[N+](C)(C)C.C[NH+](C)C.[Br-].[Br-]. The summed E-state index contributed by atoms with van der Waals surface area (Å²) in [6, 6.07) is 0. The molecule has 0 aliphatic heterocycles. The molecule has 0 aromatic heterocycles. The minimum absolute atomic E-state index is 0. The highest BCUT2D eigenvalue weighted by Gasteiger charge is 2.03. The summed E-state index contributed by atoms with van der Waals surface area (Å²) in [6.45, 7) is 3.56. The van der Waals surface area contributed by atoms with Gasteiger partial charge in [0.2, 0.25) is 0 Å². The Bertz CT molecular complexity index is 98.5. The predicted molar refractivity (Wildman–Crippen MR) is 61.2 cm³/mol. The van der Waals surface area contributed by atoms with Gasteiger partial charge in [-0.05, 0) is 12.8 Å². The molecule has 0 heterocycles. The van der Waals surface area contributed by atoms with Crippen LogP contribution in [0.3, 0.4) is 0 Å². The Morgan fingerprint density at radius 2 is 1.20 bits per heavy atom. The molecule has 0 spiro atoms. The smallest absolute Gasteiger partial charge is 0.0780 e. The van der Waals surface area contributed by atoms with Crippen molar-refractivity contribution >= 4 is 0 Å². The van der Waals surface area contributed by atoms with Crippen molar-refractivity contribution in [3.05, 3.63) is 0 Å². The molecule has 1 N–H and O–H groups in total. The molecule has 15 heavy (non-hydrogen) atoms. The van der Waals surface area contributed by atoms with Crippen LogP contribution in [-0.4, -0.2) is 53.3 Å². The Hall–Kier alpha value is 0.880. The Morgan fingerprint density at radius 1 is 0.867 bits per heavy atom. The molecule has 0 aromatic rings. The van der Waals surface area contributed by atoms with E-state index in [1.54, 1.807) is 0 Å². The maximum Gasteiger partial charge on any atom is 0.0780 e. The van der Waals surface area contributed by atoms with Crippen LogP contribution in [0.25, 0.3) is 0 Å². The lowest BCUT2D eigenvalue weighted by atomic mass is 10.2. The van der Waals surface area contributed by atoms with E-state index in [-0.39, 0.29) is 34.0 Å². The Labute approximate surface area is 118 Å². The van der Waals surface area contributed by atoms with Crippen molar-refractivity contribution in [1.29, 1.82) is 0 Å². The molecule has 98 valence electrons. The number of nitrogens with one attached hydrogen (secondary N) is 1. The van der Waals surface area contributed by atoms with E-state index in [2.05, 4.69) is 49.2 Å². The Balaban J connectivity index is -0.0000000883. The third-order valence-electron chi connectivity index (χ3n) is 1.43. The largest absolute Gasteiger partial charge is 1.00 e. The van der Waals surface area contributed by atoms with Gasteiger partial charge in [-0.25, -0.2) is 0 Å². The van der Waals surface area contributed by atoms with Crippen molar-refractivity contribution in [2.45, 2.75) is 26.2 Å². The molecule has 4 heteroatoms. The second-order valence-electron chi connectivity index (χ2n) is 5.22. The lowest BCUT2D eigenvalue weighted by molar-refractivity contribution is -0.870. The third kappa shape index (κ3) is 52.2. The number of quaternary nitrogens is 2. The van der Waals surface area contributed by atoms with Crippen molar-refractivity contribution < 1.29 is 43.3 Å². The fourth-order valence-electron chi connectivity index (χ4n) is 0.836. The van der Waals surface area contributed by atoms with Crippen LogP contribution in [-0.2, 0) is 0 Å². The average molecular weight is 350 g/mol. The normalized spacial score (nSPS) is 9.60. The van der Waals surface area contributed by atoms with E-state index in [4.69, 9.17) is 0 Å². The molecule has 0 amide bonds. The zero-order valence-corrected chi connectivity index (χ0v) is 14.7. The molecule has 0 saturated heterocycles. The summed E-state index contributed by atoms with van der Waals surface area (Å²) in [5, 5.41) is 0. The van der Waals surface area contributed by atoms with Crippen LogP contribution in [0, 0.1) is 0 Å². The van der Waals surface area contributed by atoms with Crippen molar-refractivity contribution in [3.63, 3.8) is 0 Å². The summed E-state index contributed by atoms with van der Waals surface area (Å²) in [5.41, 5.74) is 0. The van der Waals surface area contributed by atoms with Crippen LogP contribution in [0.5, 0.6) is 0 Å². The summed E-state index contributed by atoms with van der Waals surface area (Å²) in [5.74, 6) is 0. The highest BCUT2D eigenvalue weighted by molar-refractivity contribution is 4.34. The first-order valence-corrected chi connectivity index (χ1v) is 5.36. The molecule has 0 aliphatic carbocycles. The molecule has 0 bridgehead atoms. The zero-order chi connectivity index (χ0) is 10.9. The maximum absolute atomic E-state index is 2.25. The summed E-state index contributed by atoms with van der Waals surface area (Å²) in [7, 11) is 13.0. The van der Waals surface area contributed by atoms with Gasteiger partial charge in [0.05, 0.1) is 48.8 Å². The summed E-state index contributed by atoms with van der Waals surface area (Å²) >= 11 is 0. The van der Waals surface area contributed by atoms with Crippen LogP contribution >= 0.6 is 0 Å². The highest BCUT2D eigenvalue weighted by atomic mass is 79.9. The molecule has 0 atom stereocenters. The monoisotopic (exact) mass is 348 g/mol. The number of hydrogen-bond donors (Lipinski definition) is 1. The van der Waals surface area contributed by atoms with Gasteiger partial charge in [0.15, 0.2) is 0 Å². The van der Waals surface area contributed by atoms with E-state index in [1.165, 1.54) is 30.7 Å². The van der Waals surface area contributed by atoms with E-state index in [9.17, 15) is 0 Å². The van der Waals surface area contributed by atoms with E-state index in [1.807, 2.05) is 0 Å². The zero-order valence-electron chi connectivity index (χ0n) is 11.5. The van der Waals surface area contributed by atoms with Crippen LogP contribution in [0.2, 0.25) is 0 Å². The summed E-state index contributed by atoms with van der Waals surface area (Å²) in [6.07, 6.45) is 4.09. The van der Waals surface area contributed by atoms with Crippen LogP contribution in [0.4, 0.5) is 0 Å². The van der Waals surface area contributed by atoms with Crippen molar-refractivity contribution in [2.75, 3.05) is 48.8 Å². The van der Waals surface area contributed by atoms with Gasteiger partial charge in [-0.15, -0.1) is 0 Å². The van der Waals surface area contributed by atoms with Gasteiger partial charge in [-0.1, -0.05) is 13.3 Å². The molecule has 0 fully saturated rings. The molecule has 0 rings (SSSR count). The predicted octanol–water partition coefficient (Wildman–Crippen LogP) is -5.35. The molecular formula is C11H30Br2N2. The fraction of sp³-hybridized carbons (Fsp3) is 1.00. The number of rotatable bonds is 4. The van der Waals surface area contributed by atoms with Gasteiger partial charge in [0, 0.05) is 0 Å². The molecule has 2 nitrogen and oxygen atoms in total. The van der Waals surface area contributed by atoms with Crippen LogP contribution in [0.1, 0.15) is 26.2 Å². The summed E-state index contributed by atoms with van der Waals surface area (Å²) < 4.78 is 1.11. The van der Waals surface area contributed by atoms with E-state index in [0.717, 1.165) is 4.48 Å². The molecule has 0 unspecified atom stereocenters. The second-order valence-corrected chi connectivity index (χ2v) is 5.22. The van der Waals surface area contributed by atoms with Crippen molar-refractivity contribution in [1.82, 2.24) is 0 Å². The highest BCUT2D eigenvalue weighted by Crippen LogP contribution is 1.98. The standard InChI is InChI=1S/C8H20N.C3H9N.2BrH/c1-5-6-7-8-9(2,3)4;1-4(2)3;;/h5-8H2,1-4H3;1-3H3;2*1H/q+1;;;/p-1. The molecule has 0 radical (unpaired) electrons. The molecular weight excluding hydrogens is 320 g/mol. The van der Waals surface area contributed by atoms with E-state index in [0.29, 0.717) is 0 Å². The molecule has 0 aromatic carbocycles. The number of nitrogens with zero attached hydrogens (tertiary/aromatic N) is 1. The van der Waals surface area contributed by atoms with Crippen LogP contribution < -0.4 is 38.9 Å². The van der Waals surface area contributed by atoms with Gasteiger partial charge in [-0.3, -0.25) is 0 Å². The fourth-order valence-corrected chi connectivity index (χ4v) is 0.836. The van der Waals surface area contributed by atoms with Crippen molar-refractivity contribution in [3.8, 4) is 0 Å². The molecule has 0 saturated carbocycles. The van der Waals surface area contributed by atoms with Gasteiger partial charge < -0.3 is 43.3 Å². The van der Waals surface area contributed by atoms with Crippen molar-refractivity contribution in [2.24, 2.45) is 0 Å². The van der Waals surface area contributed by atoms with E-state index < -0.39 is 0 Å². The second kappa shape index (κ2) is 14.9. The quantitative estimate of drug-likeness (QED) is 0.382. The molecule has 0 aliphatic rings. The third-order valence-corrected chi connectivity index (χ3v) is 1.43. The average Bonchev–Trinajstić information content (AvgIpc) is 1.83. The van der Waals surface area contributed by atoms with Gasteiger partial charge in [0.1, 0.15) is 0 Å². The lowest BCUT2D eigenvalue weighted by Crippen LogP contribution is -3.02. The van der Waals surface area contributed by atoms with Gasteiger partial charge >= 0.3 is 0 Å². The maximum atomic E-state index is 2.25. The Morgan fingerprint density at radius 3 is 1.40 bits per heavy atom. The van der Waals surface area contributed by atoms with Gasteiger partial charge in [0.25, 0.3) is 0 Å². The number of hydrogen-bond acceptors (Lipinski definition) is 0. The summed E-state index contributed by atoms with van der Waals surface area (Å²) in [4.78, 5) is 1.42. The first-order valence-electron chi connectivity index (χ1n) is 5.36. The first kappa shape index (κ1) is 24.9.